The van der Waals surface area contributed by atoms with E-state index in [2.05, 4.69) is 149 Å². The molecule has 0 aliphatic carbocycles. The fraction of sp³-hybridized carbons (Fsp3) is 0.0455. The van der Waals surface area contributed by atoms with E-state index in [0.717, 1.165) is 67.0 Å². The predicted molar refractivity (Wildman–Crippen MR) is 203 cm³/mol. The highest BCUT2D eigenvalue weighted by Gasteiger charge is 2.38. The van der Waals surface area contributed by atoms with E-state index in [1.165, 1.54) is 11.3 Å². The maximum atomic E-state index is 4.85. The van der Waals surface area contributed by atoms with Gasteiger partial charge < -0.3 is 9.47 Å². The Morgan fingerprint density at radius 1 is 0.540 bits per heavy atom. The second-order valence-electron chi connectivity index (χ2n) is 12.7. The molecule has 0 fully saturated rings. The number of benzene rings is 4. The van der Waals surface area contributed by atoms with Gasteiger partial charge in [0.05, 0.1) is 34.0 Å². The summed E-state index contributed by atoms with van der Waals surface area (Å²) in [7, 11) is 0. The summed E-state index contributed by atoms with van der Waals surface area (Å²) in [4.78, 5) is 21.6. The molecule has 0 radical (unpaired) electrons. The van der Waals surface area contributed by atoms with Gasteiger partial charge in [-0.3, -0.25) is 19.9 Å². The van der Waals surface area contributed by atoms with Gasteiger partial charge in [-0.15, -0.1) is 0 Å². The van der Waals surface area contributed by atoms with Crippen molar-refractivity contribution in [3.05, 3.63) is 170 Å². The average molecular weight is 643 g/mol. The average Bonchev–Trinajstić information content (AvgIpc) is 3.71. The molecule has 10 rings (SSSR count). The number of fused-ring (bicyclic) bond motifs is 6. The Morgan fingerprint density at radius 2 is 1.24 bits per heavy atom. The third-order valence-electron chi connectivity index (χ3n) is 9.89. The van der Waals surface area contributed by atoms with Crippen LogP contribution in [0, 0.1) is 0 Å². The minimum Gasteiger partial charge on any atom is -0.332 e. The first-order valence-corrected chi connectivity index (χ1v) is 16.9. The summed E-state index contributed by atoms with van der Waals surface area (Å²) >= 11 is 0. The first kappa shape index (κ1) is 28.4. The summed E-state index contributed by atoms with van der Waals surface area (Å²) < 4.78 is 2.28. The number of para-hydroxylation sites is 2. The standard InChI is InChI=1S/C44H30N6/c1-3-15-39-35(13-1)43-41(17-7-23-45-43)49(39)33-11-5-9-29(25-33)31-19-21-37(47-27-31)38-22-20-32(28-48-38)30-10-6-12-34(26-30)50-40-16-4-2-14-36(40)44-42(50)18-8-24-46-44/h1-28,41,43H. The number of hydrogen-bond donors (Lipinski definition) is 0. The van der Waals surface area contributed by atoms with E-state index in [0.29, 0.717) is 0 Å². The van der Waals surface area contributed by atoms with E-state index in [-0.39, 0.29) is 12.1 Å². The topological polar surface area (TPSA) is 59.2 Å². The van der Waals surface area contributed by atoms with Crippen molar-refractivity contribution in [2.24, 2.45) is 4.99 Å². The van der Waals surface area contributed by atoms with E-state index in [9.17, 15) is 0 Å². The van der Waals surface area contributed by atoms with Crippen LogP contribution >= 0.6 is 0 Å². The molecule has 6 heterocycles. The molecule has 8 aromatic rings. The maximum Gasteiger partial charge on any atom is 0.101 e. The SMILES string of the molecule is C1=CC2C(N=C1)c1ccccc1N2c1cccc(-c2ccc(-c3ccc(-c4cccc(-n5c6ccccc6c6ncccc65)c4)cn3)nc2)c1. The van der Waals surface area contributed by atoms with E-state index >= 15 is 0 Å². The molecule has 0 amide bonds. The van der Waals surface area contributed by atoms with Gasteiger partial charge in [0.2, 0.25) is 0 Å². The van der Waals surface area contributed by atoms with Crippen molar-refractivity contribution in [1.29, 1.82) is 0 Å². The van der Waals surface area contributed by atoms with Crippen LogP contribution in [0.2, 0.25) is 0 Å². The van der Waals surface area contributed by atoms with Gasteiger partial charge in [-0.05, 0) is 77.9 Å². The molecule has 0 N–H and O–H groups in total. The summed E-state index contributed by atoms with van der Waals surface area (Å²) in [6, 6.07) is 47.1. The third kappa shape index (κ3) is 4.57. The Labute approximate surface area is 289 Å². The normalized spacial score (nSPS) is 16.2. The fourth-order valence-corrected chi connectivity index (χ4v) is 7.57. The van der Waals surface area contributed by atoms with Crippen LogP contribution < -0.4 is 4.90 Å². The summed E-state index contributed by atoms with van der Waals surface area (Å²) in [5, 5.41) is 1.15. The number of allylic oxidation sites excluding steroid dienone is 1. The first-order valence-electron chi connectivity index (χ1n) is 16.9. The van der Waals surface area contributed by atoms with Crippen molar-refractivity contribution < 1.29 is 0 Å². The number of anilines is 2. The van der Waals surface area contributed by atoms with Crippen LogP contribution in [0.1, 0.15) is 11.6 Å². The predicted octanol–water partition coefficient (Wildman–Crippen LogP) is 10.2. The van der Waals surface area contributed by atoms with Crippen LogP contribution in [0.5, 0.6) is 0 Å². The maximum absolute atomic E-state index is 4.85. The lowest BCUT2D eigenvalue weighted by atomic mass is 10.0. The van der Waals surface area contributed by atoms with Crippen molar-refractivity contribution in [2.45, 2.75) is 12.1 Å². The molecule has 50 heavy (non-hydrogen) atoms. The molecule has 6 heteroatoms. The Bertz CT molecular complexity index is 2560. The van der Waals surface area contributed by atoms with Crippen molar-refractivity contribution >= 4 is 39.5 Å². The zero-order valence-corrected chi connectivity index (χ0v) is 27.0. The fourth-order valence-electron chi connectivity index (χ4n) is 7.57. The van der Waals surface area contributed by atoms with E-state index in [1.807, 2.05) is 30.9 Å². The van der Waals surface area contributed by atoms with Gasteiger partial charge in [0.25, 0.3) is 0 Å². The molecule has 236 valence electrons. The summed E-state index contributed by atoms with van der Waals surface area (Å²) in [6.07, 6.45) is 12.0. The highest BCUT2D eigenvalue weighted by Crippen LogP contribution is 2.47. The van der Waals surface area contributed by atoms with Crippen molar-refractivity contribution in [1.82, 2.24) is 19.5 Å². The molecular weight excluding hydrogens is 613 g/mol. The quantitative estimate of drug-likeness (QED) is 0.187. The Hall–Kier alpha value is -6.66. The van der Waals surface area contributed by atoms with Crippen molar-refractivity contribution in [3.63, 3.8) is 0 Å². The molecule has 2 unspecified atom stereocenters. The van der Waals surface area contributed by atoms with E-state index < -0.39 is 0 Å². The molecule has 0 bridgehead atoms. The second kappa shape index (κ2) is 11.5. The number of aliphatic imine (C=N–C) groups is 1. The Morgan fingerprint density at radius 3 is 2.02 bits per heavy atom. The second-order valence-corrected chi connectivity index (χ2v) is 12.7. The highest BCUT2D eigenvalue weighted by atomic mass is 15.2. The highest BCUT2D eigenvalue weighted by molar-refractivity contribution is 6.07. The largest absolute Gasteiger partial charge is 0.332 e. The molecule has 0 saturated heterocycles. The number of pyridine rings is 3. The smallest absolute Gasteiger partial charge is 0.101 e. The molecule has 0 saturated carbocycles. The van der Waals surface area contributed by atoms with Crippen molar-refractivity contribution in [3.8, 4) is 39.3 Å². The molecule has 4 aromatic carbocycles. The van der Waals surface area contributed by atoms with Crippen LogP contribution in [-0.4, -0.2) is 31.8 Å². The minimum absolute atomic E-state index is 0.112. The molecule has 6 nitrogen and oxygen atoms in total. The number of hydrogen-bond acceptors (Lipinski definition) is 5. The van der Waals surface area contributed by atoms with Gasteiger partial charge in [0.15, 0.2) is 0 Å². The summed E-state index contributed by atoms with van der Waals surface area (Å²) in [6.45, 7) is 0. The van der Waals surface area contributed by atoms with Crippen LogP contribution in [0.15, 0.2) is 169 Å². The van der Waals surface area contributed by atoms with Gasteiger partial charge in [0.1, 0.15) is 6.04 Å². The first-order chi connectivity index (χ1) is 24.8. The number of aromatic nitrogens is 4. The van der Waals surface area contributed by atoms with Gasteiger partial charge in [-0.1, -0.05) is 78.9 Å². The zero-order valence-electron chi connectivity index (χ0n) is 27.0. The van der Waals surface area contributed by atoms with E-state index in [1.54, 1.807) is 0 Å². The Kier molecular flexibility index (Phi) is 6.52. The van der Waals surface area contributed by atoms with Gasteiger partial charge in [-0.2, -0.15) is 0 Å². The monoisotopic (exact) mass is 642 g/mol. The molecule has 2 aliphatic heterocycles. The van der Waals surface area contributed by atoms with Crippen LogP contribution in [0.3, 0.4) is 0 Å². The van der Waals surface area contributed by atoms with Crippen molar-refractivity contribution in [2.75, 3.05) is 4.90 Å². The third-order valence-corrected chi connectivity index (χ3v) is 9.89. The van der Waals surface area contributed by atoms with Crippen LogP contribution in [-0.2, 0) is 0 Å². The van der Waals surface area contributed by atoms with E-state index in [4.69, 9.17) is 19.9 Å². The zero-order chi connectivity index (χ0) is 33.0. The summed E-state index contributed by atoms with van der Waals surface area (Å²) in [5.41, 5.74) is 13.9. The van der Waals surface area contributed by atoms with Crippen LogP contribution in [0.25, 0.3) is 61.3 Å². The molecule has 2 atom stereocenters. The molecular formula is C44H30N6. The molecule has 0 spiro atoms. The lowest BCUT2D eigenvalue weighted by molar-refractivity contribution is 0.667. The van der Waals surface area contributed by atoms with Gasteiger partial charge in [-0.25, -0.2) is 0 Å². The lowest BCUT2D eigenvalue weighted by Gasteiger charge is -2.28. The van der Waals surface area contributed by atoms with Gasteiger partial charge in [0, 0.05) is 63.9 Å². The molecule has 4 aromatic heterocycles. The Balaban J connectivity index is 0.924. The van der Waals surface area contributed by atoms with Gasteiger partial charge >= 0.3 is 0 Å². The number of nitrogens with zero attached hydrogens (tertiary/aromatic N) is 6. The van der Waals surface area contributed by atoms with Crippen LogP contribution in [0.4, 0.5) is 11.4 Å². The summed E-state index contributed by atoms with van der Waals surface area (Å²) in [5.74, 6) is 0. The number of dihydropyridines is 1. The molecule has 2 aliphatic rings. The number of rotatable bonds is 5. The minimum atomic E-state index is 0.112. The lowest BCUT2D eigenvalue weighted by Crippen LogP contribution is -2.28.